The number of carbonyl (C=O) groups excluding carboxylic acids is 3. The van der Waals surface area contributed by atoms with Crippen LogP contribution in [0.4, 0.5) is 0 Å². The lowest BCUT2D eigenvalue weighted by Crippen LogP contribution is -2.11. The molecule has 0 aliphatic carbocycles. The van der Waals surface area contributed by atoms with Crippen LogP contribution >= 0.6 is 0 Å². The van der Waals surface area contributed by atoms with Gasteiger partial charge in [-0.2, -0.15) is 0 Å². The Kier molecular flexibility index (Phi) is 19.3. The third kappa shape index (κ3) is 14.3. The van der Waals surface area contributed by atoms with Crippen molar-refractivity contribution in [1.82, 2.24) is 4.98 Å². The van der Waals surface area contributed by atoms with Gasteiger partial charge in [0.05, 0.1) is 48.8 Å². The molecule has 2 heterocycles. The maximum absolute atomic E-state index is 13.2. The van der Waals surface area contributed by atoms with Crippen molar-refractivity contribution in [2.75, 3.05) is 26.4 Å². The number of allylic oxidation sites excluding steroid dienone is 4. The van der Waals surface area contributed by atoms with Gasteiger partial charge in [0.2, 0.25) is 0 Å². The van der Waals surface area contributed by atoms with Gasteiger partial charge in [-0.15, -0.1) is 26.3 Å². The molecule has 308 valence electrons. The number of aliphatic hydroxyl groups is 1. The summed E-state index contributed by atoms with van der Waals surface area (Å²) in [6.45, 7) is 16.0. The number of rotatable bonds is 28. The summed E-state index contributed by atoms with van der Waals surface area (Å²) in [6, 6.07) is 17.0. The van der Waals surface area contributed by atoms with Crippen LogP contribution in [0.5, 0.6) is 0 Å². The second-order valence-corrected chi connectivity index (χ2v) is 13.9. The third-order valence-electron chi connectivity index (χ3n) is 9.22. The molecule has 0 aliphatic heterocycles. The fourth-order valence-corrected chi connectivity index (χ4v) is 6.02. The van der Waals surface area contributed by atoms with E-state index in [1.807, 2.05) is 36.4 Å². The molecule has 2 aromatic heterocycles. The Bertz CT molecular complexity index is 1920. The van der Waals surface area contributed by atoms with Crippen LogP contribution in [0.15, 0.2) is 116 Å². The van der Waals surface area contributed by atoms with Crippen LogP contribution in [-0.2, 0) is 18.9 Å². The van der Waals surface area contributed by atoms with Crippen LogP contribution in [0.2, 0.25) is 0 Å². The minimum absolute atomic E-state index is 0.227. The fourth-order valence-electron chi connectivity index (χ4n) is 6.02. The van der Waals surface area contributed by atoms with Crippen LogP contribution < -0.4 is 0 Å². The van der Waals surface area contributed by atoms with E-state index in [4.69, 9.17) is 23.4 Å². The fraction of sp³-hybridized carbons (Fsp3) is 0.354. The van der Waals surface area contributed by atoms with Gasteiger partial charge in [0, 0.05) is 16.8 Å². The van der Waals surface area contributed by atoms with Crippen molar-refractivity contribution >= 4 is 17.9 Å². The van der Waals surface area contributed by atoms with Crippen molar-refractivity contribution < 1.29 is 42.9 Å². The molecule has 10 heteroatoms. The Labute approximate surface area is 342 Å². The average Bonchev–Trinajstić information content (AvgIpc) is 3.94. The molecule has 1 unspecified atom stereocenters. The van der Waals surface area contributed by atoms with E-state index in [0.29, 0.717) is 65.5 Å². The topological polar surface area (TPSA) is 137 Å². The molecule has 0 saturated heterocycles. The quantitative estimate of drug-likeness (QED) is 0.0189. The Balaban J connectivity index is 1.59. The summed E-state index contributed by atoms with van der Waals surface area (Å²) in [5.74, 6) is -0.655. The Hall–Kier alpha value is -5.71. The van der Waals surface area contributed by atoms with Gasteiger partial charge in [-0.3, -0.25) is 0 Å². The predicted octanol–water partition coefficient (Wildman–Crippen LogP) is 11.5. The predicted molar refractivity (Wildman–Crippen MR) is 227 cm³/mol. The Morgan fingerprint density at radius 1 is 0.552 bits per heavy atom. The molecule has 1 atom stereocenters. The van der Waals surface area contributed by atoms with Gasteiger partial charge in [-0.1, -0.05) is 24.3 Å². The number of carbonyl (C=O) groups is 3. The molecular formula is C48H57NO9. The molecular weight excluding hydrogens is 735 g/mol. The van der Waals surface area contributed by atoms with E-state index in [1.54, 1.807) is 42.5 Å². The number of aliphatic hydroxyl groups excluding tert-OH is 1. The van der Waals surface area contributed by atoms with Crippen molar-refractivity contribution in [1.29, 1.82) is 0 Å². The first-order valence-corrected chi connectivity index (χ1v) is 20.1. The summed E-state index contributed by atoms with van der Waals surface area (Å²) in [5, 5.41) is 11.0. The second kappa shape index (κ2) is 24.8. The van der Waals surface area contributed by atoms with E-state index in [2.05, 4.69) is 31.3 Å². The van der Waals surface area contributed by atoms with Crippen molar-refractivity contribution in [3.8, 4) is 34.0 Å². The maximum Gasteiger partial charge on any atom is 0.338 e. The minimum atomic E-state index is -1.27. The molecule has 4 aromatic rings. The summed E-state index contributed by atoms with van der Waals surface area (Å²) < 4.78 is 28.7. The average molecular weight is 792 g/mol. The smallest absolute Gasteiger partial charge is 0.338 e. The number of aromatic nitrogens is 1. The number of furan rings is 1. The number of nitrogens with one attached hydrogen (secondary N) is 1. The van der Waals surface area contributed by atoms with E-state index in [-0.39, 0.29) is 36.5 Å². The molecule has 4 rings (SSSR count). The standard InChI is InChI=1S/C48H57NO9/c1-5-9-13-17-25-54-45(50)37-29-35(30-38(33-37)46(51)55-26-18-14-10-6-2)41-21-22-42(49-41)44-24-23-43(58-44)36-31-39(47(52)56-27-19-15-11-7-3)34-40(32-36)48(53)57-28-20-16-12-8-4/h5-8,21-24,29-34,47,49,52H,1-4,9-20,25-28H2. The number of hydrogen-bond donors (Lipinski definition) is 2. The van der Waals surface area contributed by atoms with E-state index in [9.17, 15) is 19.5 Å². The van der Waals surface area contributed by atoms with Gasteiger partial charge in [0.15, 0.2) is 12.1 Å². The molecule has 2 aromatic carbocycles. The molecule has 58 heavy (non-hydrogen) atoms. The normalized spacial score (nSPS) is 11.4. The first-order valence-electron chi connectivity index (χ1n) is 20.1. The number of hydrogen-bond acceptors (Lipinski definition) is 9. The van der Waals surface area contributed by atoms with Crippen molar-refractivity contribution in [3.05, 3.63) is 134 Å². The molecule has 0 spiro atoms. The van der Waals surface area contributed by atoms with Crippen LogP contribution in [0.1, 0.15) is 120 Å². The van der Waals surface area contributed by atoms with Gasteiger partial charge >= 0.3 is 17.9 Å². The molecule has 0 fully saturated rings. The highest BCUT2D eigenvalue weighted by Crippen LogP contribution is 2.33. The summed E-state index contributed by atoms with van der Waals surface area (Å²) in [4.78, 5) is 42.8. The lowest BCUT2D eigenvalue weighted by Gasteiger charge is -2.15. The van der Waals surface area contributed by atoms with Gasteiger partial charge < -0.3 is 33.5 Å². The molecule has 0 amide bonds. The molecule has 0 bridgehead atoms. The van der Waals surface area contributed by atoms with Gasteiger partial charge in [-0.05, 0) is 143 Å². The van der Waals surface area contributed by atoms with Gasteiger partial charge in [-0.25, -0.2) is 14.4 Å². The summed E-state index contributed by atoms with van der Waals surface area (Å²) >= 11 is 0. The van der Waals surface area contributed by atoms with Crippen molar-refractivity contribution in [2.24, 2.45) is 0 Å². The van der Waals surface area contributed by atoms with Gasteiger partial charge in [0.25, 0.3) is 0 Å². The molecule has 10 nitrogen and oxygen atoms in total. The van der Waals surface area contributed by atoms with E-state index in [0.717, 1.165) is 57.8 Å². The van der Waals surface area contributed by atoms with Crippen LogP contribution in [0.25, 0.3) is 34.0 Å². The number of unbranched alkanes of at least 4 members (excludes halogenated alkanes) is 8. The van der Waals surface area contributed by atoms with Crippen molar-refractivity contribution in [2.45, 2.75) is 83.3 Å². The lowest BCUT2D eigenvalue weighted by molar-refractivity contribution is -0.103. The largest absolute Gasteiger partial charge is 0.462 e. The summed E-state index contributed by atoms with van der Waals surface area (Å²) in [6.07, 6.45) is 15.7. The highest BCUT2D eigenvalue weighted by molar-refractivity contribution is 5.97. The Morgan fingerprint density at radius 3 is 1.52 bits per heavy atom. The molecule has 0 saturated carbocycles. The number of esters is 3. The molecule has 0 radical (unpaired) electrons. The first kappa shape index (κ1) is 45.0. The number of H-pyrrole nitrogens is 1. The zero-order chi connectivity index (χ0) is 41.5. The SMILES string of the molecule is C=CCCCCOC(=O)c1cc(C(=O)OCCCCC=C)cc(-c2ccc(-c3ccc(-c4cc(C(=O)OCCCCC=C)cc(C(O)OCCCCC=C)c4)o3)[nH]2)c1. The highest BCUT2D eigenvalue weighted by Gasteiger charge is 2.20. The zero-order valence-electron chi connectivity index (χ0n) is 33.5. The third-order valence-corrected chi connectivity index (χ3v) is 9.22. The van der Waals surface area contributed by atoms with Gasteiger partial charge in [0.1, 0.15) is 5.76 Å². The lowest BCUT2D eigenvalue weighted by atomic mass is 10.0. The number of benzene rings is 2. The van der Waals surface area contributed by atoms with Crippen LogP contribution in [0.3, 0.4) is 0 Å². The summed E-state index contributed by atoms with van der Waals surface area (Å²) in [7, 11) is 0. The molecule has 0 aliphatic rings. The Morgan fingerprint density at radius 2 is 1.00 bits per heavy atom. The highest BCUT2D eigenvalue weighted by atomic mass is 16.6. The zero-order valence-corrected chi connectivity index (χ0v) is 33.5. The van der Waals surface area contributed by atoms with E-state index < -0.39 is 24.2 Å². The monoisotopic (exact) mass is 791 g/mol. The number of aromatic amines is 1. The van der Waals surface area contributed by atoms with E-state index >= 15 is 0 Å². The molecule has 2 N–H and O–H groups in total. The minimum Gasteiger partial charge on any atom is -0.462 e. The van der Waals surface area contributed by atoms with E-state index in [1.165, 1.54) is 6.07 Å². The number of ether oxygens (including phenoxy) is 4. The van der Waals surface area contributed by atoms with Crippen LogP contribution in [-0.4, -0.2) is 54.4 Å². The summed E-state index contributed by atoms with van der Waals surface area (Å²) in [5.41, 5.74) is 3.48. The second-order valence-electron chi connectivity index (χ2n) is 13.9. The van der Waals surface area contributed by atoms with Crippen molar-refractivity contribution in [3.63, 3.8) is 0 Å². The first-order chi connectivity index (χ1) is 28.3. The maximum atomic E-state index is 13.2. The van der Waals surface area contributed by atoms with Crippen LogP contribution in [0, 0.1) is 0 Å².